The third-order valence-electron chi connectivity index (χ3n) is 3.91. The molecule has 1 N–H and O–H groups in total. The monoisotopic (exact) mass is 286 g/mol. The topological polar surface area (TPSA) is 29.5 Å². The van der Waals surface area contributed by atoms with E-state index in [1.807, 2.05) is 32.0 Å². The first-order valence-corrected chi connectivity index (χ1v) is 7.12. The summed E-state index contributed by atoms with van der Waals surface area (Å²) in [6.45, 7) is 5.76. The van der Waals surface area contributed by atoms with Crippen LogP contribution in [0.2, 0.25) is 0 Å². The fourth-order valence-corrected chi connectivity index (χ4v) is 2.87. The molecule has 0 amide bonds. The van der Waals surface area contributed by atoms with Crippen molar-refractivity contribution in [2.24, 2.45) is 0 Å². The van der Waals surface area contributed by atoms with Crippen LogP contribution in [0, 0.1) is 12.7 Å². The Morgan fingerprint density at radius 3 is 2.71 bits per heavy atom. The molecule has 1 atom stereocenters. The number of hydrogen-bond donors (Lipinski definition) is 1. The van der Waals surface area contributed by atoms with E-state index in [-0.39, 0.29) is 11.4 Å². The van der Waals surface area contributed by atoms with Crippen molar-refractivity contribution in [2.45, 2.75) is 38.9 Å². The zero-order chi connectivity index (χ0) is 15.2. The minimum Gasteiger partial charge on any atom is -0.487 e. The minimum absolute atomic E-state index is 0.253. The SMILES string of the molecule is Cc1cc(C(O)c2cccc3c2OC(C)(C)C3)ccc1F. The van der Waals surface area contributed by atoms with Gasteiger partial charge in [0.1, 0.15) is 23.3 Å². The van der Waals surface area contributed by atoms with E-state index in [1.54, 1.807) is 19.1 Å². The fourth-order valence-electron chi connectivity index (χ4n) is 2.87. The molecule has 0 saturated carbocycles. The summed E-state index contributed by atoms with van der Waals surface area (Å²) in [5, 5.41) is 10.6. The Bertz CT molecular complexity index is 692. The van der Waals surface area contributed by atoms with Crippen molar-refractivity contribution in [3.8, 4) is 5.75 Å². The van der Waals surface area contributed by atoms with Gasteiger partial charge in [0.2, 0.25) is 0 Å². The molecular weight excluding hydrogens is 267 g/mol. The van der Waals surface area contributed by atoms with Crippen molar-refractivity contribution in [2.75, 3.05) is 0 Å². The lowest BCUT2D eigenvalue weighted by Crippen LogP contribution is -2.25. The summed E-state index contributed by atoms with van der Waals surface area (Å²) in [4.78, 5) is 0. The van der Waals surface area contributed by atoms with E-state index < -0.39 is 6.10 Å². The Hall–Kier alpha value is -1.87. The van der Waals surface area contributed by atoms with Crippen molar-refractivity contribution in [1.29, 1.82) is 0 Å². The lowest BCUT2D eigenvalue weighted by Gasteiger charge is -2.20. The van der Waals surface area contributed by atoms with E-state index in [2.05, 4.69) is 0 Å². The highest BCUT2D eigenvalue weighted by atomic mass is 19.1. The second-order valence-electron chi connectivity index (χ2n) is 6.29. The van der Waals surface area contributed by atoms with Crippen LogP contribution in [0.4, 0.5) is 4.39 Å². The molecule has 1 aliphatic heterocycles. The number of rotatable bonds is 2. The molecule has 1 aliphatic rings. The lowest BCUT2D eigenvalue weighted by molar-refractivity contribution is 0.131. The molecule has 0 radical (unpaired) electrons. The van der Waals surface area contributed by atoms with Crippen molar-refractivity contribution in [1.82, 2.24) is 0 Å². The van der Waals surface area contributed by atoms with Gasteiger partial charge in [0, 0.05) is 12.0 Å². The number of para-hydroxylation sites is 1. The summed E-state index contributed by atoms with van der Waals surface area (Å²) in [5.74, 6) is 0.499. The second kappa shape index (κ2) is 4.85. The Morgan fingerprint density at radius 1 is 1.24 bits per heavy atom. The molecule has 2 nitrogen and oxygen atoms in total. The van der Waals surface area contributed by atoms with Crippen LogP contribution in [0.5, 0.6) is 5.75 Å². The van der Waals surface area contributed by atoms with E-state index in [0.717, 1.165) is 23.3 Å². The zero-order valence-corrected chi connectivity index (χ0v) is 12.5. The van der Waals surface area contributed by atoms with Crippen molar-refractivity contribution < 1.29 is 14.2 Å². The fraction of sp³-hybridized carbons (Fsp3) is 0.333. The lowest BCUT2D eigenvalue weighted by atomic mass is 9.95. The van der Waals surface area contributed by atoms with Crippen LogP contribution in [0.1, 0.15) is 42.2 Å². The number of ether oxygens (including phenoxy) is 1. The maximum absolute atomic E-state index is 13.4. The minimum atomic E-state index is -0.812. The average Bonchev–Trinajstić information content (AvgIpc) is 2.74. The molecule has 0 aromatic heterocycles. The van der Waals surface area contributed by atoms with Gasteiger partial charge in [-0.1, -0.05) is 30.3 Å². The van der Waals surface area contributed by atoms with Crippen molar-refractivity contribution in [3.05, 3.63) is 64.5 Å². The smallest absolute Gasteiger partial charge is 0.129 e. The first-order chi connectivity index (χ1) is 9.87. The molecule has 3 heteroatoms. The molecule has 0 fully saturated rings. The van der Waals surface area contributed by atoms with E-state index in [9.17, 15) is 9.50 Å². The summed E-state index contributed by atoms with van der Waals surface area (Å²) in [6, 6.07) is 10.5. The Kier molecular flexibility index (Phi) is 3.25. The van der Waals surface area contributed by atoms with E-state index in [0.29, 0.717) is 11.1 Å². The highest BCUT2D eigenvalue weighted by Crippen LogP contribution is 2.41. The van der Waals surface area contributed by atoms with E-state index in [4.69, 9.17) is 4.74 Å². The van der Waals surface area contributed by atoms with Gasteiger partial charge in [0.15, 0.2) is 0 Å². The zero-order valence-electron chi connectivity index (χ0n) is 12.5. The molecule has 1 heterocycles. The summed E-state index contributed by atoms with van der Waals surface area (Å²) in [7, 11) is 0. The van der Waals surface area contributed by atoms with E-state index in [1.165, 1.54) is 6.07 Å². The molecule has 0 saturated heterocycles. The number of aryl methyl sites for hydroxylation is 1. The highest BCUT2D eigenvalue weighted by Gasteiger charge is 2.33. The van der Waals surface area contributed by atoms with Crippen molar-refractivity contribution in [3.63, 3.8) is 0 Å². The van der Waals surface area contributed by atoms with E-state index >= 15 is 0 Å². The number of aliphatic hydroxyl groups excluding tert-OH is 1. The van der Waals surface area contributed by atoms with Crippen LogP contribution in [0.3, 0.4) is 0 Å². The normalized spacial score (nSPS) is 17.2. The number of hydrogen-bond acceptors (Lipinski definition) is 2. The Labute approximate surface area is 124 Å². The largest absolute Gasteiger partial charge is 0.487 e. The quantitative estimate of drug-likeness (QED) is 0.906. The van der Waals surface area contributed by atoms with Crippen LogP contribution in [-0.2, 0) is 6.42 Å². The summed E-state index contributed by atoms with van der Waals surface area (Å²) in [6.07, 6.45) is 0.0128. The first kappa shape index (κ1) is 14.1. The van der Waals surface area contributed by atoms with Gasteiger partial charge >= 0.3 is 0 Å². The van der Waals surface area contributed by atoms with Crippen LogP contribution in [-0.4, -0.2) is 10.7 Å². The molecule has 0 bridgehead atoms. The maximum atomic E-state index is 13.4. The summed E-state index contributed by atoms with van der Waals surface area (Å²) < 4.78 is 19.4. The maximum Gasteiger partial charge on any atom is 0.129 e. The van der Waals surface area contributed by atoms with Crippen molar-refractivity contribution >= 4 is 0 Å². The Balaban J connectivity index is 2.02. The van der Waals surface area contributed by atoms with Gasteiger partial charge < -0.3 is 9.84 Å². The van der Waals surface area contributed by atoms with Gasteiger partial charge in [-0.25, -0.2) is 4.39 Å². The van der Waals surface area contributed by atoms with Crippen LogP contribution < -0.4 is 4.74 Å². The molecule has 0 spiro atoms. The number of benzene rings is 2. The van der Waals surface area contributed by atoms with Gasteiger partial charge in [-0.3, -0.25) is 0 Å². The molecule has 21 heavy (non-hydrogen) atoms. The van der Waals surface area contributed by atoms with Crippen LogP contribution in [0.15, 0.2) is 36.4 Å². The first-order valence-electron chi connectivity index (χ1n) is 7.12. The average molecular weight is 286 g/mol. The van der Waals surface area contributed by atoms with Gasteiger partial charge in [-0.2, -0.15) is 0 Å². The van der Waals surface area contributed by atoms with Crippen LogP contribution in [0.25, 0.3) is 0 Å². The van der Waals surface area contributed by atoms with Gasteiger partial charge in [0.25, 0.3) is 0 Å². The number of halogens is 1. The highest BCUT2D eigenvalue weighted by molar-refractivity contribution is 5.49. The standard InChI is InChI=1S/C18H19FO2/c1-11-9-12(7-8-15(11)19)16(20)14-6-4-5-13-10-18(2,3)21-17(13)14/h4-9,16,20H,10H2,1-3H3. The summed E-state index contributed by atoms with van der Waals surface area (Å²) >= 11 is 0. The van der Waals surface area contributed by atoms with Crippen LogP contribution >= 0.6 is 0 Å². The predicted molar refractivity (Wildman–Crippen MR) is 80.1 cm³/mol. The third kappa shape index (κ3) is 2.54. The third-order valence-corrected chi connectivity index (χ3v) is 3.91. The van der Waals surface area contributed by atoms with Gasteiger partial charge in [0.05, 0.1) is 0 Å². The molecule has 110 valence electrons. The molecule has 1 unspecified atom stereocenters. The number of aliphatic hydroxyl groups is 1. The molecule has 0 aliphatic carbocycles. The molecule has 2 aromatic carbocycles. The molecular formula is C18H19FO2. The van der Waals surface area contributed by atoms with Gasteiger partial charge in [-0.15, -0.1) is 0 Å². The Morgan fingerprint density at radius 2 is 2.00 bits per heavy atom. The molecule has 2 aromatic rings. The predicted octanol–water partition coefficient (Wildman–Crippen LogP) is 3.93. The second-order valence-corrected chi connectivity index (χ2v) is 6.29. The van der Waals surface area contributed by atoms with Gasteiger partial charge in [-0.05, 0) is 43.5 Å². The number of fused-ring (bicyclic) bond motifs is 1. The summed E-state index contributed by atoms with van der Waals surface area (Å²) in [5.41, 5.74) is 2.80. The molecule has 3 rings (SSSR count).